The van der Waals surface area contributed by atoms with Crippen molar-refractivity contribution in [3.63, 3.8) is 0 Å². The van der Waals surface area contributed by atoms with Crippen LogP contribution >= 0.6 is 21.6 Å². The average Bonchev–Trinajstić information content (AvgIpc) is 3.37. The molecule has 0 bridgehead atoms. The molecular formula is C54H56N6O6S2. The van der Waals surface area contributed by atoms with Gasteiger partial charge in [-0.15, -0.1) is 0 Å². The normalized spacial score (nSPS) is 12.5. The lowest BCUT2D eigenvalue weighted by Gasteiger charge is -2.24. The van der Waals surface area contributed by atoms with Gasteiger partial charge < -0.3 is 31.9 Å². The summed E-state index contributed by atoms with van der Waals surface area (Å²) >= 11 is 0. The highest BCUT2D eigenvalue weighted by atomic mass is 33.1. The first-order valence-electron chi connectivity index (χ1n) is 22.4. The zero-order valence-electron chi connectivity index (χ0n) is 37.6. The van der Waals surface area contributed by atoms with E-state index in [2.05, 4.69) is 31.9 Å². The highest BCUT2D eigenvalue weighted by Gasteiger charge is 2.29. The van der Waals surface area contributed by atoms with Crippen LogP contribution in [0.2, 0.25) is 0 Å². The topological polar surface area (TPSA) is 175 Å². The molecule has 68 heavy (non-hydrogen) atoms. The maximum absolute atomic E-state index is 14.0. The Hall–Kier alpha value is -7.16. The second-order valence-corrected chi connectivity index (χ2v) is 18.5. The van der Waals surface area contributed by atoms with E-state index in [1.54, 1.807) is 0 Å². The molecule has 6 N–H and O–H groups in total. The summed E-state index contributed by atoms with van der Waals surface area (Å²) < 4.78 is 0. The van der Waals surface area contributed by atoms with Crippen LogP contribution in [0.4, 0.5) is 0 Å². The Labute approximate surface area is 405 Å². The first-order valence-corrected chi connectivity index (χ1v) is 24.9. The maximum Gasteiger partial charge on any atom is 0.243 e. The Morgan fingerprint density at radius 2 is 0.544 bits per heavy atom. The molecule has 350 valence electrons. The first-order chi connectivity index (χ1) is 33.2. The van der Waals surface area contributed by atoms with Crippen LogP contribution in [0.15, 0.2) is 182 Å². The fourth-order valence-corrected chi connectivity index (χ4v) is 8.95. The van der Waals surface area contributed by atoms with E-state index in [0.29, 0.717) is 0 Å². The molecule has 0 aliphatic carbocycles. The maximum atomic E-state index is 14.0. The molecule has 0 aromatic heterocycles. The smallest absolute Gasteiger partial charge is 0.243 e. The molecule has 6 aromatic carbocycles. The van der Waals surface area contributed by atoms with Gasteiger partial charge in [0.1, 0.15) is 24.2 Å². The lowest BCUT2D eigenvalue weighted by molar-refractivity contribution is -0.131. The van der Waals surface area contributed by atoms with Crippen LogP contribution in [0.1, 0.15) is 33.4 Å². The van der Waals surface area contributed by atoms with E-state index < -0.39 is 47.8 Å². The second-order valence-electron chi connectivity index (χ2n) is 16.1. The van der Waals surface area contributed by atoms with Gasteiger partial charge in [0, 0.05) is 38.8 Å². The van der Waals surface area contributed by atoms with Gasteiger partial charge in [-0.25, -0.2) is 0 Å². The van der Waals surface area contributed by atoms with Crippen LogP contribution in [-0.4, -0.2) is 71.1 Å². The van der Waals surface area contributed by atoms with E-state index in [1.165, 1.54) is 0 Å². The van der Waals surface area contributed by atoms with Gasteiger partial charge in [-0.05, 0) is 33.4 Å². The van der Waals surface area contributed by atoms with E-state index >= 15 is 0 Å². The number of hydrogen-bond donors (Lipinski definition) is 6. The predicted molar refractivity (Wildman–Crippen MR) is 270 cm³/mol. The lowest BCUT2D eigenvalue weighted by Crippen LogP contribution is -2.55. The SMILES string of the molecule is O=C(CSSCC(=O)NC(Cc1ccccc1)C(=O)NC(Cc1ccccc1)C(=O)NCc1ccccc1)NC(Cc1ccccc1)C(=O)NC(Cc1ccccc1)C(=O)NCc1ccccc1. The van der Waals surface area contributed by atoms with Gasteiger partial charge >= 0.3 is 0 Å². The monoisotopic (exact) mass is 948 g/mol. The van der Waals surface area contributed by atoms with Gasteiger partial charge in [0.25, 0.3) is 0 Å². The van der Waals surface area contributed by atoms with Gasteiger partial charge in [-0.3, -0.25) is 28.8 Å². The van der Waals surface area contributed by atoms with E-state index in [1.807, 2.05) is 182 Å². The van der Waals surface area contributed by atoms with Crippen molar-refractivity contribution in [2.45, 2.75) is 62.9 Å². The molecular weight excluding hydrogens is 893 g/mol. The summed E-state index contributed by atoms with van der Waals surface area (Å²) in [5.41, 5.74) is 5.16. The summed E-state index contributed by atoms with van der Waals surface area (Å²) in [6, 6.07) is 52.4. The number of hydrogen-bond acceptors (Lipinski definition) is 8. The van der Waals surface area contributed by atoms with Crippen molar-refractivity contribution >= 4 is 57.0 Å². The van der Waals surface area contributed by atoms with Gasteiger partial charge in [0.2, 0.25) is 35.4 Å². The quantitative estimate of drug-likeness (QED) is 0.0304. The molecule has 4 unspecified atom stereocenters. The fraction of sp³-hybridized carbons (Fsp3) is 0.222. The average molecular weight is 949 g/mol. The fourth-order valence-electron chi connectivity index (χ4n) is 7.26. The molecule has 0 aliphatic heterocycles. The number of carbonyl (C=O) groups is 6. The summed E-state index contributed by atoms with van der Waals surface area (Å²) in [7, 11) is 2.26. The number of benzene rings is 6. The van der Waals surface area contributed by atoms with E-state index in [-0.39, 0.29) is 62.1 Å². The zero-order chi connectivity index (χ0) is 47.8. The minimum absolute atomic E-state index is 0.0886. The van der Waals surface area contributed by atoms with E-state index in [4.69, 9.17) is 0 Å². The Morgan fingerprint density at radius 3 is 0.809 bits per heavy atom. The number of amides is 6. The van der Waals surface area contributed by atoms with Crippen molar-refractivity contribution in [2.24, 2.45) is 0 Å². The van der Waals surface area contributed by atoms with E-state index in [9.17, 15) is 28.8 Å². The molecule has 14 heteroatoms. The molecule has 6 aromatic rings. The summed E-state index contributed by atoms with van der Waals surface area (Å²) in [5, 5.41) is 17.4. The van der Waals surface area contributed by atoms with Gasteiger partial charge in [0.15, 0.2) is 0 Å². The standard InChI is InChI=1S/C54H56N6O6S2/c61-49(57-47(33-41-23-11-3-12-24-41)53(65)59-45(31-39-19-7-1-8-20-39)51(63)55-35-43-27-15-5-16-28-43)37-67-68-38-50(62)58-48(34-42-25-13-4-14-26-42)54(66)60-46(32-40-21-9-2-10-22-40)52(64)56-36-44-29-17-6-18-30-44/h1-30,45-48H,31-38H2,(H,55,63)(H,56,64)(H,57,61)(H,58,62)(H,59,65)(H,60,66). The molecule has 0 radical (unpaired) electrons. The molecule has 0 aliphatic rings. The Morgan fingerprint density at radius 1 is 0.309 bits per heavy atom. The molecule has 6 amide bonds. The number of rotatable bonds is 25. The summed E-state index contributed by atoms with van der Waals surface area (Å²) in [6.07, 6.45) is 0.822. The number of carbonyl (C=O) groups excluding carboxylic acids is 6. The van der Waals surface area contributed by atoms with E-state index in [0.717, 1.165) is 55.0 Å². The van der Waals surface area contributed by atoms with Crippen molar-refractivity contribution in [3.8, 4) is 0 Å². The van der Waals surface area contributed by atoms with Crippen LogP contribution < -0.4 is 31.9 Å². The van der Waals surface area contributed by atoms with Crippen molar-refractivity contribution in [3.05, 3.63) is 215 Å². The van der Waals surface area contributed by atoms with Crippen LogP contribution in [0, 0.1) is 0 Å². The third-order valence-electron chi connectivity index (χ3n) is 10.8. The Bertz CT molecular complexity index is 2330. The summed E-state index contributed by atoms with van der Waals surface area (Å²) in [5.74, 6) is -2.81. The van der Waals surface area contributed by atoms with Crippen LogP contribution in [-0.2, 0) is 67.5 Å². The molecule has 4 atom stereocenters. The molecule has 0 fully saturated rings. The highest BCUT2D eigenvalue weighted by Crippen LogP contribution is 2.21. The van der Waals surface area contributed by atoms with Crippen molar-refractivity contribution in [1.82, 2.24) is 31.9 Å². The Balaban J connectivity index is 1.06. The zero-order valence-corrected chi connectivity index (χ0v) is 39.2. The summed E-state index contributed by atoms with van der Waals surface area (Å²) in [4.78, 5) is 82.2. The molecule has 0 saturated heterocycles. The Kier molecular flexibility index (Phi) is 20.3. The summed E-state index contributed by atoms with van der Waals surface area (Å²) in [6.45, 7) is 0.560. The van der Waals surface area contributed by atoms with Crippen LogP contribution in [0.3, 0.4) is 0 Å². The van der Waals surface area contributed by atoms with Gasteiger partial charge in [-0.2, -0.15) is 0 Å². The molecule has 12 nitrogen and oxygen atoms in total. The van der Waals surface area contributed by atoms with Crippen LogP contribution in [0.5, 0.6) is 0 Å². The molecule has 0 heterocycles. The largest absolute Gasteiger partial charge is 0.350 e. The molecule has 0 saturated carbocycles. The molecule has 0 spiro atoms. The second kappa shape index (κ2) is 27.5. The number of nitrogens with one attached hydrogen (secondary N) is 6. The van der Waals surface area contributed by atoms with Crippen molar-refractivity contribution < 1.29 is 28.8 Å². The predicted octanol–water partition coefficient (Wildman–Crippen LogP) is 5.91. The third-order valence-corrected chi connectivity index (χ3v) is 12.9. The van der Waals surface area contributed by atoms with Gasteiger partial charge in [0.05, 0.1) is 11.5 Å². The van der Waals surface area contributed by atoms with Crippen LogP contribution in [0.25, 0.3) is 0 Å². The first kappa shape index (κ1) is 50.3. The van der Waals surface area contributed by atoms with Crippen molar-refractivity contribution in [2.75, 3.05) is 11.5 Å². The highest BCUT2D eigenvalue weighted by molar-refractivity contribution is 8.77. The minimum atomic E-state index is -1.01. The minimum Gasteiger partial charge on any atom is -0.350 e. The molecule has 6 rings (SSSR count). The van der Waals surface area contributed by atoms with Gasteiger partial charge in [-0.1, -0.05) is 204 Å². The van der Waals surface area contributed by atoms with Crippen molar-refractivity contribution in [1.29, 1.82) is 0 Å². The third kappa shape index (κ3) is 17.6. The lowest BCUT2D eigenvalue weighted by atomic mass is 10.0.